The van der Waals surface area contributed by atoms with Gasteiger partial charge in [-0.15, -0.1) is 0 Å². The molecule has 1 heterocycles. The van der Waals surface area contributed by atoms with E-state index in [0.717, 1.165) is 0 Å². The van der Waals surface area contributed by atoms with Crippen LogP contribution in [0.15, 0.2) is 28.8 Å². The van der Waals surface area contributed by atoms with E-state index in [9.17, 15) is 14.4 Å². The number of primary amides is 1. The topological polar surface area (TPSA) is 125 Å². The zero-order valence-electron chi connectivity index (χ0n) is 13.5. The maximum Gasteiger partial charge on any atom is 0.311 e. The van der Waals surface area contributed by atoms with E-state index < -0.39 is 23.9 Å². The molecule has 1 aromatic heterocycles. The summed E-state index contributed by atoms with van der Waals surface area (Å²) in [6.07, 6.45) is -1.18. The molecule has 0 aliphatic heterocycles. The number of nitrogens with two attached hydrogens (primary N) is 1. The molecule has 0 spiro atoms. The van der Waals surface area contributed by atoms with Crippen molar-refractivity contribution in [1.29, 1.82) is 0 Å². The number of ether oxygens (including phenoxy) is 1. The highest BCUT2D eigenvalue weighted by molar-refractivity contribution is 6.29. The number of hydrogen-bond acceptors (Lipinski definition) is 6. The Kier molecular flexibility index (Phi) is 5.76. The number of hydrogen-bond donors (Lipinski definition) is 2. The molecule has 1 aromatic carbocycles. The summed E-state index contributed by atoms with van der Waals surface area (Å²) in [4.78, 5) is 35.0. The summed E-state index contributed by atoms with van der Waals surface area (Å²) >= 11 is 5.78. The lowest BCUT2D eigenvalue weighted by Gasteiger charge is -2.13. The first-order chi connectivity index (χ1) is 11.8. The molecule has 0 fully saturated rings. The lowest BCUT2D eigenvalue weighted by atomic mass is 10.2. The van der Waals surface area contributed by atoms with Crippen LogP contribution in [0.4, 0.5) is 5.69 Å². The first-order valence-electron chi connectivity index (χ1n) is 7.28. The fourth-order valence-corrected chi connectivity index (χ4v) is 2.19. The molecular weight excluding hydrogens is 350 g/mol. The minimum Gasteiger partial charge on any atom is -0.452 e. The third-order valence-corrected chi connectivity index (χ3v) is 3.67. The van der Waals surface area contributed by atoms with Gasteiger partial charge in [-0.1, -0.05) is 5.16 Å². The number of halogens is 1. The van der Waals surface area contributed by atoms with Gasteiger partial charge in [0, 0.05) is 16.8 Å². The van der Waals surface area contributed by atoms with Crippen molar-refractivity contribution in [1.82, 2.24) is 5.16 Å². The summed E-state index contributed by atoms with van der Waals surface area (Å²) in [5.74, 6) is -1.73. The van der Waals surface area contributed by atoms with Crippen LogP contribution in [-0.2, 0) is 20.7 Å². The summed E-state index contributed by atoms with van der Waals surface area (Å²) in [5.41, 5.74) is 6.80. The zero-order chi connectivity index (χ0) is 18.6. The number of rotatable bonds is 6. The smallest absolute Gasteiger partial charge is 0.311 e. The summed E-state index contributed by atoms with van der Waals surface area (Å²) in [7, 11) is 0. The van der Waals surface area contributed by atoms with Crippen LogP contribution in [0.5, 0.6) is 0 Å². The number of nitrogens with zero attached hydrogens (tertiary/aromatic N) is 1. The molecule has 0 aliphatic rings. The number of amides is 2. The third-order valence-electron chi connectivity index (χ3n) is 3.37. The van der Waals surface area contributed by atoms with Crippen molar-refractivity contribution < 1.29 is 23.6 Å². The van der Waals surface area contributed by atoms with Crippen molar-refractivity contribution in [3.05, 3.63) is 46.3 Å². The normalized spacial score (nSPS) is 11.6. The average Bonchev–Trinajstić information content (AvgIpc) is 2.87. The van der Waals surface area contributed by atoms with E-state index >= 15 is 0 Å². The third kappa shape index (κ3) is 4.80. The Bertz CT molecular complexity index is 781. The minimum atomic E-state index is -1.03. The van der Waals surface area contributed by atoms with E-state index in [1.165, 1.54) is 31.2 Å². The van der Waals surface area contributed by atoms with Gasteiger partial charge in [-0.3, -0.25) is 14.4 Å². The second kappa shape index (κ2) is 7.80. The van der Waals surface area contributed by atoms with Gasteiger partial charge in [0.1, 0.15) is 0 Å². The molecule has 0 saturated heterocycles. The lowest BCUT2D eigenvalue weighted by Crippen LogP contribution is -2.30. The van der Waals surface area contributed by atoms with Gasteiger partial charge in [0.05, 0.1) is 12.1 Å². The Morgan fingerprint density at radius 1 is 1.32 bits per heavy atom. The Labute approximate surface area is 148 Å². The van der Waals surface area contributed by atoms with E-state index in [-0.39, 0.29) is 11.6 Å². The molecule has 0 saturated carbocycles. The minimum absolute atomic E-state index is 0.0149. The van der Waals surface area contributed by atoms with Gasteiger partial charge in [0.2, 0.25) is 11.1 Å². The molecule has 1 atom stereocenters. The number of carbonyl (C=O) groups excluding carboxylic acids is 3. The maximum absolute atomic E-state index is 12.1. The van der Waals surface area contributed by atoms with Gasteiger partial charge in [0.25, 0.3) is 5.91 Å². The molecule has 2 rings (SSSR count). The highest BCUT2D eigenvalue weighted by Crippen LogP contribution is 2.20. The fraction of sp³-hybridized carbons (Fsp3) is 0.250. The van der Waals surface area contributed by atoms with Crippen molar-refractivity contribution in [3.63, 3.8) is 0 Å². The van der Waals surface area contributed by atoms with E-state index in [4.69, 9.17) is 26.6 Å². The predicted molar refractivity (Wildman–Crippen MR) is 89.1 cm³/mol. The molecule has 25 heavy (non-hydrogen) atoms. The monoisotopic (exact) mass is 365 g/mol. The standard InChI is InChI=1S/C16H16ClN3O5/c1-8-12(14(17)25-20-8)7-13(21)24-9(2)16(23)19-11-5-3-10(4-6-11)15(18)22/h3-6,9H,7H2,1-2H3,(H2,18,22)(H,19,23)/t9-/m1/s1. The van der Waals surface area contributed by atoms with Crippen LogP contribution < -0.4 is 11.1 Å². The van der Waals surface area contributed by atoms with Crippen molar-refractivity contribution in [2.75, 3.05) is 5.32 Å². The second-order valence-electron chi connectivity index (χ2n) is 5.26. The molecule has 2 amide bonds. The molecule has 132 valence electrons. The largest absolute Gasteiger partial charge is 0.452 e. The Balaban J connectivity index is 1.91. The van der Waals surface area contributed by atoms with Crippen LogP contribution >= 0.6 is 11.6 Å². The van der Waals surface area contributed by atoms with Crippen molar-refractivity contribution >= 4 is 35.1 Å². The SMILES string of the molecule is Cc1noc(Cl)c1CC(=O)O[C@H](C)C(=O)Nc1ccc(C(N)=O)cc1. The number of aromatic nitrogens is 1. The van der Waals surface area contributed by atoms with E-state index in [1.54, 1.807) is 6.92 Å². The summed E-state index contributed by atoms with van der Waals surface area (Å²) in [6.45, 7) is 3.08. The molecule has 3 N–H and O–H groups in total. The van der Waals surface area contributed by atoms with Crippen molar-refractivity contribution in [2.24, 2.45) is 5.73 Å². The van der Waals surface area contributed by atoms with Gasteiger partial charge < -0.3 is 20.3 Å². The van der Waals surface area contributed by atoms with Crippen LogP contribution in [0.3, 0.4) is 0 Å². The van der Waals surface area contributed by atoms with Crippen LogP contribution in [0.25, 0.3) is 0 Å². The highest BCUT2D eigenvalue weighted by atomic mass is 35.5. The van der Waals surface area contributed by atoms with Crippen molar-refractivity contribution in [2.45, 2.75) is 26.4 Å². The lowest BCUT2D eigenvalue weighted by molar-refractivity contribution is -0.152. The second-order valence-corrected chi connectivity index (χ2v) is 5.60. The molecule has 0 radical (unpaired) electrons. The summed E-state index contributed by atoms with van der Waals surface area (Å²) in [5, 5.41) is 6.22. The van der Waals surface area contributed by atoms with Crippen LogP contribution in [0, 0.1) is 6.92 Å². The zero-order valence-corrected chi connectivity index (χ0v) is 14.3. The van der Waals surface area contributed by atoms with Gasteiger partial charge in [-0.05, 0) is 49.7 Å². The molecule has 2 aromatic rings. The van der Waals surface area contributed by atoms with Gasteiger partial charge >= 0.3 is 5.97 Å². The maximum atomic E-state index is 12.1. The van der Waals surface area contributed by atoms with Gasteiger partial charge in [0.15, 0.2) is 6.10 Å². The number of anilines is 1. The van der Waals surface area contributed by atoms with E-state index in [2.05, 4.69) is 10.5 Å². The molecule has 0 bridgehead atoms. The number of esters is 1. The molecule has 0 unspecified atom stereocenters. The van der Waals surface area contributed by atoms with Gasteiger partial charge in [-0.25, -0.2) is 0 Å². The quantitative estimate of drug-likeness (QED) is 0.752. The molecule has 0 aliphatic carbocycles. The number of carbonyl (C=O) groups is 3. The number of nitrogens with one attached hydrogen (secondary N) is 1. The first kappa shape index (κ1) is 18.5. The fourth-order valence-electron chi connectivity index (χ4n) is 1.96. The van der Waals surface area contributed by atoms with Crippen LogP contribution in [0.1, 0.15) is 28.5 Å². The Morgan fingerprint density at radius 3 is 2.48 bits per heavy atom. The molecular formula is C16H16ClN3O5. The summed E-state index contributed by atoms with van der Waals surface area (Å²) < 4.78 is 9.83. The average molecular weight is 366 g/mol. The van der Waals surface area contributed by atoms with Crippen LogP contribution in [-0.4, -0.2) is 29.0 Å². The molecule has 9 heteroatoms. The first-order valence-corrected chi connectivity index (χ1v) is 7.66. The highest BCUT2D eigenvalue weighted by Gasteiger charge is 2.21. The van der Waals surface area contributed by atoms with E-state index in [0.29, 0.717) is 22.5 Å². The number of aryl methyl sites for hydroxylation is 1. The Hall–Kier alpha value is -2.87. The Morgan fingerprint density at radius 2 is 1.96 bits per heavy atom. The summed E-state index contributed by atoms with van der Waals surface area (Å²) in [6, 6.07) is 6.00. The predicted octanol–water partition coefficient (Wildman–Crippen LogP) is 1.85. The molecule has 8 nitrogen and oxygen atoms in total. The van der Waals surface area contributed by atoms with E-state index in [1.807, 2.05) is 0 Å². The van der Waals surface area contributed by atoms with Gasteiger partial charge in [-0.2, -0.15) is 0 Å². The van der Waals surface area contributed by atoms with Crippen LogP contribution in [0.2, 0.25) is 5.22 Å². The van der Waals surface area contributed by atoms with Crippen molar-refractivity contribution in [3.8, 4) is 0 Å². The number of benzene rings is 1.